The maximum atomic E-state index is 12.6. The van der Waals surface area contributed by atoms with Crippen LogP contribution in [0.2, 0.25) is 0 Å². The minimum absolute atomic E-state index is 0.0718. The Morgan fingerprint density at radius 2 is 1.86 bits per heavy atom. The van der Waals surface area contributed by atoms with E-state index < -0.39 is 0 Å². The van der Waals surface area contributed by atoms with Gasteiger partial charge in [0.2, 0.25) is 10.5 Å². The lowest BCUT2D eigenvalue weighted by Crippen LogP contribution is -2.22. The van der Waals surface area contributed by atoms with Gasteiger partial charge in [-0.3, -0.25) is 18.7 Å². The lowest BCUT2D eigenvalue weighted by Gasteiger charge is -2.16. The third-order valence-corrected chi connectivity index (χ3v) is 5.93. The largest absolute Gasteiger partial charge is 0.283 e. The zero-order valence-corrected chi connectivity index (χ0v) is 17.6. The molecule has 6 nitrogen and oxygen atoms in total. The number of aryl methyl sites for hydroxylation is 1. The highest BCUT2D eigenvalue weighted by atomic mass is 32.2. The van der Waals surface area contributed by atoms with Crippen LogP contribution in [0, 0.1) is 4.77 Å². The van der Waals surface area contributed by atoms with Gasteiger partial charge >= 0.3 is 0 Å². The first kappa shape index (κ1) is 18.9. The zero-order chi connectivity index (χ0) is 19.8. The summed E-state index contributed by atoms with van der Waals surface area (Å²) < 4.78 is 5.77. The summed E-state index contributed by atoms with van der Waals surface area (Å²) in [5.41, 5.74) is 1.94. The fraction of sp³-hybridized carbons (Fsp3) is 0.250. The van der Waals surface area contributed by atoms with E-state index in [0.29, 0.717) is 22.6 Å². The maximum absolute atomic E-state index is 12.6. The molecule has 28 heavy (non-hydrogen) atoms. The van der Waals surface area contributed by atoms with Crippen LogP contribution in [0.3, 0.4) is 0 Å². The molecule has 0 atom stereocenters. The number of aromatic nitrogens is 4. The Morgan fingerprint density at radius 3 is 2.57 bits per heavy atom. The summed E-state index contributed by atoms with van der Waals surface area (Å²) in [6.07, 6.45) is 2.07. The van der Waals surface area contributed by atoms with Crippen LogP contribution in [-0.2, 0) is 20.3 Å². The number of para-hydroxylation sites is 1. The van der Waals surface area contributed by atoms with Gasteiger partial charge in [0.15, 0.2) is 0 Å². The summed E-state index contributed by atoms with van der Waals surface area (Å²) in [7, 11) is 3.76. The summed E-state index contributed by atoms with van der Waals surface area (Å²) in [5, 5.41) is 5.26. The fourth-order valence-corrected chi connectivity index (χ4v) is 4.05. The van der Waals surface area contributed by atoms with E-state index in [2.05, 4.69) is 40.5 Å². The maximum Gasteiger partial charge on any atom is 0.262 e. The normalized spacial score (nSPS) is 11.7. The van der Waals surface area contributed by atoms with E-state index in [4.69, 9.17) is 12.2 Å². The molecule has 0 fully saturated rings. The fourth-order valence-electron chi connectivity index (χ4n) is 3.36. The van der Waals surface area contributed by atoms with Gasteiger partial charge in [0, 0.05) is 18.5 Å². The van der Waals surface area contributed by atoms with Crippen molar-refractivity contribution in [2.24, 2.45) is 7.05 Å². The second-order valence-corrected chi connectivity index (χ2v) is 8.05. The molecule has 0 amide bonds. The minimum atomic E-state index is -0.0718. The monoisotopic (exact) mass is 411 g/mol. The van der Waals surface area contributed by atoms with Gasteiger partial charge in [0.05, 0.1) is 17.6 Å². The van der Waals surface area contributed by atoms with Crippen molar-refractivity contribution >= 4 is 40.7 Å². The third-order valence-electron chi connectivity index (χ3n) is 4.79. The predicted molar refractivity (Wildman–Crippen MR) is 116 cm³/mol. The molecule has 0 aliphatic carbocycles. The molecule has 0 unspecified atom stereocenters. The molecule has 8 heteroatoms. The first-order valence-electron chi connectivity index (χ1n) is 8.88. The average Bonchev–Trinajstić information content (AvgIpc) is 3.03. The van der Waals surface area contributed by atoms with Crippen LogP contribution in [0.25, 0.3) is 16.7 Å². The first-order valence-corrected chi connectivity index (χ1v) is 10.5. The smallest absolute Gasteiger partial charge is 0.262 e. The topological polar surface area (TPSA) is 47.5 Å². The molecular weight excluding hydrogens is 390 g/mol. The summed E-state index contributed by atoms with van der Waals surface area (Å²) in [6.45, 7) is 1.32. The van der Waals surface area contributed by atoms with Gasteiger partial charge in [0.1, 0.15) is 0 Å². The SMILES string of the molecule is CSc1ccc(CN(C)Cn2nc3n(C)c(=O)c4ccccc4n3c2=S)cc1. The molecule has 0 aliphatic heterocycles. The van der Waals surface area contributed by atoms with E-state index in [1.165, 1.54) is 10.5 Å². The van der Waals surface area contributed by atoms with Crippen LogP contribution in [0.1, 0.15) is 5.56 Å². The first-order chi connectivity index (χ1) is 13.5. The van der Waals surface area contributed by atoms with Crippen LogP contribution in [0.4, 0.5) is 0 Å². The minimum Gasteiger partial charge on any atom is -0.283 e. The molecule has 2 aromatic carbocycles. The van der Waals surface area contributed by atoms with E-state index in [1.807, 2.05) is 35.7 Å². The molecule has 2 aromatic heterocycles. The van der Waals surface area contributed by atoms with Crippen LogP contribution in [0.15, 0.2) is 58.2 Å². The van der Waals surface area contributed by atoms with Crippen LogP contribution < -0.4 is 5.56 Å². The highest BCUT2D eigenvalue weighted by Crippen LogP contribution is 2.16. The molecule has 4 rings (SSSR count). The summed E-state index contributed by atoms with van der Waals surface area (Å²) in [5.74, 6) is 0.548. The Hall–Kier alpha value is -2.42. The second kappa shape index (κ2) is 7.54. The van der Waals surface area contributed by atoms with Gasteiger partial charge in [-0.1, -0.05) is 24.3 Å². The van der Waals surface area contributed by atoms with Crippen molar-refractivity contribution in [1.29, 1.82) is 0 Å². The number of nitrogens with zero attached hydrogens (tertiary/aromatic N) is 5. The second-order valence-electron chi connectivity index (χ2n) is 6.80. The van der Waals surface area contributed by atoms with Crippen LogP contribution in [-0.4, -0.2) is 37.0 Å². The number of benzene rings is 2. The number of fused-ring (bicyclic) bond motifs is 3. The van der Waals surface area contributed by atoms with E-state index in [9.17, 15) is 4.79 Å². The number of hydrogen-bond donors (Lipinski definition) is 0. The van der Waals surface area contributed by atoms with E-state index in [1.54, 1.807) is 28.1 Å². The molecule has 0 saturated carbocycles. The summed E-state index contributed by atoms with van der Waals surface area (Å²) >= 11 is 7.43. The van der Waals surface area contributed by atoms with Crippen molar-refractivity contribution in [2.45, 2.75) is 18.1 Å². The van der Waals surface area contributed by atoms with Crippen molar-refractivity contribution in [3.63, 3.8) is 0 Å². The molecule has 4 aromatic rings. The van der Waals surface area contributed by atoms with Crippen molar-refractivity contribution in [2.75, 3.05) is 13.3 Å². The number of hydrogen-bond acceptors (Lipinski definition) is 5. The Labute approximate surface area is 172 Å². The van der Waals surface area contributed by atoms with Gasteiger partial charge in [0.25, 0.3) is 5.56 Å². The molecule has 0 spiro atoms. The molecule has 0 N–H and O–H groups in total. The Bertz CT molecular complexity index is 1270. The Kier molecular flexibility index (Phi) is 5.09. The van der Waals surface area contributed by atoms with E-state index in [0.717, 1.165) is 12.1 Å². The van der Waals surface area contributed by atoms with Crippen molar-refractivity contribution in [1.82, 2.24) is 23.6 Å². The highest BCUT2D eigenvalue weighted by molar-refractivity contribution is 7.98. The van der Waals surface area contributed by atoms with Gasteiger partial charge in [-0.25, -0.2) is 4.68 Å². The number of rotatable bonds is 5. The van der Waals surface area contributed by atoms with Crippen LogP contribution in [0.5, 0.6) is 0 Å². The molecular formula is C20H21N5OS2. The van der Waals surface area contributed by atoms with Crippen molar-refractivity contribution in [3.8, 4) is 0 Å². The quantitative estimate of drug-likeness (QED) is 0.371. The van der Waals surface area contributed by atoms with E-state index >= 15 is 0 Å². The molecule has 2 heterocycles. The predicted octanol–water partition coefficient (Wildman–Crippen LogP) is 3.53. The average molecular weight is 412 g/mol. The third kappa shape index (κ3) is 3.28. The molecule has 144 valence electrons. The van der Waals surface area contributed by atoms with Crippen molar-refractivity contribution in [3.05, 3.63) is 69.2 Å². The Morgan fingerprint density at radius 1 is 1.14 bits per heavy atom. The zero-order valence-electron chi connectivity index (χ0n) is 16.0. The lowest BCUT2D eigenvalue weighted by molar-refractivity contribution is 0.244. The van der Waals surface area contributed by atoms with Crippen molar-refractivity contribution < 1.29 is 0 Å². The molecule has 0 radical (unpaired) electrons. The summed E-state index contributed by atoms with van der Waals surface area (Å²) in [4.78, 5) is 16.0. The molecule has 0 aliphatic rings. The van der Waals surface area contributed by atoms with Gasteiger partial charge in [-0.2, -0.15) is 0 Å². The standard InChI is InChI=1S/C20H21N5OS2/c1-22(12-14-8-10-15(28-3)11-9-14)13-24-20(27)25-17-7-5-4-6-16(17)18(26)23(2)19(25)21-24/h4-11H,12-13H2,1-3H3. The summed E-state index contributed by atoms with van der Waals surface area (Å²) in [6, 6.07) is 16.0. The van der Waals surface area contributed by atoms with Gasteiger partial charge in [-0.05, 0) is 55.4 Å². The Balaban J connectivity index is 1.70. The van der Waals surface area contributed by atoms with Gasteiger partial charge in [-0.15, -0.1) is 16.9 Å². The lowest BCUT2D eigenvalue weighted by atomic mass is 10.2. The number of thioether (sulfide) groups is 1. The molecule has 0 bridgehead atoms. The van der Waals surface area contributed by atoms with Gasteiger partial charge < -0.3 is 0 Å². The molecule has 0 saturated heterocycles. The van der Waals surface area contributed by atoms with Crippen LogP contribution >= 0.6 is 24.0 Å². The van der Waals surface area contributed by atoms with E-state index in [-0.39, 0.29) is 5.56 Å². The highest BCUT2D eigenvalue weighted by Gasteiger charge is 2.14.